The molecule has 1 saturated heterocycles. The third-order valence-corrected chi connectivity index (χ3v) is 4.51. The fraction of sp³-hybridized carbons (Fsp3) is 0.611. The molecular weight excluding hydrogens is 280 g/mol. The SMILES string of the molecule is COc1ccccc1C[C@@H](CC(=O)O)[C@@H]1CCOC(C)(C)C1. The first kappa shape index (κ1) is 16.8. The van der Waals surface area contributed by atoms with Gasteiger partial charge in [0.1, 0.15) is 5.75 Å². The maximum Gasteiger partial charge on any atom is 0.303 e. The van der Waals surface area contributed by atoms with Crippen molar-refractivity contribution >= 4 is 5.97 Å². The first-order valence-electron chi connectivity index (χ1n) is 7.89. The summed E-state index contributed by atoms with van der Waals surface area (Å²) >= 11 is 0. The van der Waals surface area contributed by atoms with E-state index >= 15 is 0 Å². The van der Waals surface area contributed by atoms with Crippen LogP contribution in [0.25, 0.3) is 0 Å². The highest BCUT2D eigenvalue weighted by Crippen LogP contribution is 2.37. The lowest BCUT2D eigenvalue weighted by Crippen LogP contribution is -2.38. The number of methoxy groups -OCH3 is 1. The molecule has 122 valence electrons. The van der Waals surface area contributed by atoms with Crippen LogP contribution in [0.2, 0.25) is 0 Å². The molecule has 1 aliphatic rings. The van der Waals surface area contributed by atoms with E-state index in [4.69, 9.17) is 9.47 Å². The number of benzene rings is 1. The standard InChI is InChI=1S/C18H26O4/c1-18(2)12-14(8-9-22-18)15(11-17(19)20)10-13-6-4-5-7-16(13)21-3/h4-7,14-15H,8-12H2,1-3H3,(H,19,20)/t14-,15+/m1/s1. The van der Waals surface area contributed by atoms with Crippen molar-refractivity contribution in [2.45, 2.75) is 45.1 Å². The molecule has 0 amide bonds. The van der Waals surface area contributed by atoms with E-state index in [1.165, 1.54) is 0 Å². The normalized spacial score (nSPS) is 22.0. The summed E-state index contributed by atoms with van der Waals surface area (Å²) in [6, 6.07) is 7.87. The highest BCUT2D eigenvalue weighted by Gasteiger charge is 2.34. The van der Waals surface area contributed by atoms with Gasteiger partial charge in [-0.3, -0.25) is 4.79 Å². The van der Waals surface area contributed by atoms with E-state index in [1.807, 2.05) is 24.3 Å². The lowest BCUT2D eigenvalue weighted by Gasteiger charge is -2.39. The molecule has 1 aromatic rings. The van der Waals surface area contributed by atoms with Crippen LogP contribution in [0.15, 0.2) is 24.3 Å². The van der Waals surface area contributed by atoms with Crippen LogP contribution in [0, 0.1) is 11.8 Å². The predicted octanol–water partition coefficient (Wildman–Crippen LogP) is 3.53. The quantitative estimate of drug-likeness (QED) is 0.873. The van der Waals surface area contributed by atoms with E-state index < -0.39 is 5.97 Å². The molecule has 2 atom stereocenters. The number of rotatable bonds is 6. The van der Waals surface area contributed by atoms with Crippen LogP contribution >= 0.6 is 0 Å². The molecule has 0 unspecified atom stereocenters. The molecule has 1 fully saturated rings. The van der Waals surface area contributed by atoms with Gasteiger partial charge in [0.05, 0.1) is 12.7 Å². The Bertz CT molecular complexity index is 510. The van der Waals surface area contributed by atoms with Crippen LogP contribution in [-0.4, -0.2) is 30.4 Å². The maximum absolute atomic E-state index is 11.3. The molecule has 4 nitrogen and oxygen atoms in total. The second-order valence-electron chi connectivity index (χ2n) is 6.73. The first-order chi connectivity index (χ1) is 10.4. The van der Waals surface area contributed by atoms with Gasteiger partial charge >= 0.3 is 5.97 Å². The molecule has 0 spiro atoms. The van der Waals surface area contributed by atoms with Gasteiger partial charge in [-0.25, -0.2) is 0 Å². The van der Waals surface area contributed by atoms with Gasteiger partial charge < -0.3 is 14.6 Å². The number of carboxylic acid groups (broad SMARTS) is 1. The van der Waals surface area contributed by atoms with Gasteiger partial charge in [0.2, 0.25) is 0 Å². The second kappa shape index (κ2) is 7.14. The van der Waals surface area contributed by atoms with Crippen LogP contribution in [0.5, 0.6) is 5.75 Å². The van der Waals surface area contributed by atoms with Gasteiger partial charge in [0, 0.05) is 13.0 Å². The van der Waals surface area contributed by atoms with Crippen molar-refractivity contribution in [3.63, 3.8) is 0 Å². The largest absolute Gasteiger partial charge is 0.496 e. The van der Waals surface area contributed by atoms with Gasteiger partial charge in [0.25, 0.3) is 0 Å². The van der Waals surface area contributed by atoms with E-state index in [9.17, 15) is 9.90 Å². The van der Waals surface area contributed by atoms with Crippen LogP contribution in [0.3, 0.4) is 0 Å². The summed E-state index contributed by atoms with van der Waals surface area (Å²) in [6.45, 7) is 4.87. The highest BCUT2D eigenvalue weighted by atomic mass is 16.5. The summed E-state index contributed by atoms with van der Waals surface area (Å²) < 4.78 is 11.2. The lowest BCUT2D eigenvalue weighted by molar-refractivity contribution is -0.140. The Morgan fingerprint density at radius 2 is 2.18 bits per heavy atom. The van der Waals surface area contributed by atoms with E-state index in [0.29, 0.717) is 12.5 Å². The number of ether oxygens (including phenoxy) is 2. The van der Waals surface area contributed by atoms with Crippen molar-refractivity contribution in [3.8, 4) is 5.75 Å². The fourth-order valence-corrected chi connectivity index (χ4v) is 3.47. The predicted molar refractivity (Wildman–Crippen MR) is 85.2 cm³/mol. The molecule has 22 heavy (non-hydrogen) atoms. The average molecular weight is 306 g/mol. The Labute approximate surface area is 132 Å². The Kier molecular flexibility index (Phi) is 5.46. The monoisotopic (exact) mass is 306 g/mol. The molecule has 2 rings (SSSR count). The zero-order chi connectivity index (χ0) is 16.2. The molecule has 0 bridgehead atoms. The van der Waals surface area contributed by atoms with Gasteiger partial charge in [-0.2, -0.15) is 0 Å². The third kappa shape index (κ3) is 4.47. The van der Waals surface area contributed by atoms with Gasteiger partial charge in [-0.15, -0.1) is 0 Å². The molecule has 0 aliphatic carbocycles. The Morgan fingerprint density at radius 3 is 2.82 bits per heavy atom. The Balaban J connectivity index is 2.17. The van der Waals surface area contributed by atoms with Crippen molar-refractivity contribution in [2.24, 2.45) is 11.8 Å². The smallest absolute Gasteiger partial charge is 0.303 e. The van der Waals surface area contributed by atoms with E-state index in [-0.39, 0.29) is 17.9 Å². The van der Waals surface area contributed by atoms with E-state index in [2.05, 4.69) is 13.8 Å². The third-order valence-electron chi connectivity index (χ3n) is 4.51. The molecule has 4 heteroatoms. The van der Waals surface area contributed by atoms with Crippen LogP contribution < -0.4 is 4.74 Å². The topological polar surface area (TPSA) is 55.8 Å². The lowest BCUT2D eigenvalue weighted by atomic mass is 9.75. The summed E-state index contributed by atoms with van der Waals surface area (Å²) in [4.78, 5) is 11.3. The average Bonchev–Trinajstić information content (AvgIpc) is 2.45. The molecule has 1 heterocycles. The van der Waals surface area contributed by atoms with Gasteiger partial charge in [-0.1, -0.05) is 18.2 Å². The van der Waals surface area contributed by atoms with Crippen molar-refractivity contribution in [3.05, 3.63) is 29.8 Å². The first-order valence-corrected chi connectivity index (χ1v) is 7.89. The summed E-state index contributed by atoms with van der Waals surface area (Å²) in [5.74, 6) is 0.579. The molecule has 1 N–H and O–H groups in total. The van der Waals surface area contributed by atoms with Crippen LogP contribution in [-0.2, 0) is 16.0 Å². The number of hydrogen-bond acceptors (Lipinski definition) is 3. The van der Waals surface area contributed by atoms with Crippen molar-refractivity contribution < 1.29 is 19.4 Å². The van der Waals surface area contributed by atoms with Crippen molar-refractivity contribution in [1.29, 1.82) is 0 Å². The second-order valence-corrected chi connectivity index (χ2v) is 6.73. The number of para-hydroxylation sites is 1. The van der Waals surface area contributed by atoms with Gasteiger partial charge in [0.15, 0.2) is 0 Å². The Hall–Kier alpha value is -1.55. The summed E-state index contributed by atoms with van der Waals surface area (Å²) in [6.07, 6.45) is 2.76. The summed E-state index contributed by atoms with van der Waals surface area (Å²) in [5.41, 5.74) is 0.918. The van der Waals surface area contributed by atoms with Gasteiger partial charge in [-0.05, 0) is 56.6 Å². The molecular formula is C18H26O4. The molecule has 1 aromatic carbocycles. The summed E-state index contributed by atoms with van der Waals surface area (Å²) in [5, 5.41) is 9.29. The highest BCUT2D eigenvalue weighted by molar-refractivity contribution is 5.67. The van der Waals surface area contributed by atoms with Crippen molar-refractivity contribution in [1.82, 2.24) is 0 Å². The van der Waals surface area contributed by atoms with Crippen LogP contribution in [0.4, 0.5) is 0 Å². The van der Waals surface area contributed by atoms with Crippen LogP contribution in [0.1, 0.15) is 38.7 Å². The number of carbonyl (C=O) groups is 1. The minimum atomic E-state index is -0.732. The molecule has 0 aromatic heterocycles. The maximum atomic E-state index is 11.3. The number of carboxylic acids is 1. The van der Waals surface area contributed by atoms with E-state index in [0.717, 1.165) is 30.6 Å². The zero-order valence-corrected chi connectivity index (χ0v) is 13.7. The molecule has 0 saturated carbocycles. The minimum Gasteiger partial charge on any atom is -0.496 e. The zero-order valence-electron chi connectivity index (χ0n) is 13.7. The molecule has 0 radical (unpaired) electrons. The minimum absolute atomic E-state index is 0.108. The molecule has 1 aliphatic heterocycles. The van der Waals surface area contributed by atoms with E-state index in [1.54, 1.807) is 7.11 Å². The Morgan fingerprint density at radius 1 is 1.45 bits per heavy atom. The fourth-order valence-electron chi connectivity index (χ4n) is 3.47. The number of hydrogen-bond donors (Lipinski definition) is 1. The summed E-state index contributed by atoms with van der Waals surface area (Å²) in [7, 11) is 1.66. The number of aliphatic carboxylic acids is 1. The van der Waals surface area contributed by atoms with Crippen molar-refractivity contribution in [2.75, 3.05) is 13.7 Å².